The van der Waals surface area contributed by atoms with Gasteiger partial charge in [-0.2, -0.15) is 0 Å². The van der Waals surface area contributed by atoms with Gasteiger partial charge in [0.15, 0.2) is 0 Å². The second-order valence-electron chi connectivity index (χ2n) is 4.71. The lowest BCUT2D eigenvalue weighted by molar-refractivity contribution is 0.956. The summed E-state index contributed by atoms with van der Waals surface area (Å²) in [5.74, 6) is 0. The van der Waals surface area contributed by atoms with Gasteiger partial charge in [0.25, 0.3) is 0 Å². The molecule has 18 heavy (non-hydrogen) atoms. The van der Waals surface area contributed by atoms with Crippen LogP contribution >= 0.6 is 0 Å². The van der Waals surface area contributed by atoms with Crippen molar-refractivity contribution in [2.45, 2.75) is 19.8 Å². The Kier molecular flexibility index (Phi) is 2.89. The number of fused-ring (bicyclic) bond motifs is 1. The monoisotopic (exact) mass is 234 g/mol. The second-order valence-corrected chi connectivity index (χ2v) is 4.71. The Labute approximate surface area is 107 Å². The molecule has 0 aliphatic heterocycles. The molecule has 3 aromatic rings. The van der Waals surface area contributed by atoms with Crippen molar-refractivity contribution >= 4 is 10.9 Å². The molecule has 0 saturated carbocycles. The quantitative estimate of drug-likeness (QED) is 0.703. The predicted molar refractivity (Wildman–Crippen MR) is 75.7 cm³/mol. The number of aromatic nitrogens is 1. The molecule has 0 unspecified atom stereocenters. The second kappa shape index (κ2) is 4.69. The van der Waals surface area contributed by atoms with Gasteiger partial charge in [-0.3, -0.25) is 0 Å². The number of para-hydroxylation sites is 1. The molecule has 0 spiro atoms. The Hall–Kier alpha value is -2.02. The molecule has 0 bridgehead atoms. The van der Waals surface area contributed by atoms with Gasteiger partial charge in [0.1, 0.15) is 0 Å². The van der Waals surface area contributed by atoms with Crippen molar-refractivity contribution < 1.29 is 0 Å². The van der Waals surface area contributed by atoms with E-state index in [1.807, 2.05) is 6.07 Å². The lowest BCUT2D eigenvalue weighted by Gasteiger charge is -2.04. The first-order chi connectivity index (χ1) is 8.84. The number of hydrogen-bond acceptors (Lipinski definition) is 0. The minimum atomic E-state index is 1.08. The van der Waals surface area contributed by atoms with Crippen molar-refractivity contribution in [2.75, 3.05) is 0 Å². The Balaban J connectivity index is 1.83. The van der Waals surface area contributed by atoms with Gasteiger partial charge in [-0.15, -0.1) is 0 Å². The van der Waals surface area contributed by atoms with Gasteiger partial charge in [0.05, 0.1) is 0 Å². The van der Waals surface area contributed by atoms with Crippen molar-refractivity contribution in [1.29, 1.82) is 0 Å². The van der Waals surface area contributed by atoms with Crippen LogP contribution in [0.3, 0.4) is 0 Å². The molecular formula is C17H16N. The highest BCUT2D eigenvalue weighted by Gasteiger charge is 2.04. The minimum Gasteiger partial charge on any atom is -0.361 e. The van der Waals surface area contributed by atoms with Gasteiger partial charge in [0, 0.05) is 17.1 Å². The van der Waals surface area contributed by atoms with E-state index in [1.54, 1.807) is 0 Å². The van der Waals surface area contributed by atoms with Crippen LogP contribution in [0.15, 0.2) is 48.7 Å². The van der Waals surface area contributed by atoms with Crippen LogP contribution in [0.2, 0.25) is 0 Å². The molecule has 1 radical (unpaired) electrons. The summed E-state index contributed by atoms with van der Waals surface area (Å²) >= 11 is 0. The lowest BCUT2D eigenvalue weighted by atomic mass is 10.0. The van der Waals surface area contributed by atoms with Crippen LogP contribution in [-0.2, 0) is 12.8 Å². The number of nitrogens with one attached hydrogen (secondary N) is 1. The molecule has 3 rings (SSSR count). The highest BCUT2D eigenvalue weighted by molar-refractivity contribution is 5.83. The van der Waals surface area contributed by atoms with Crippen molar-refractivity contribution in [1.82, 2.24) is 4.98 Å². The number of rotatable bonds is 3. The first kappa shape index (κ1) is 11.1. The van der Waals surface area contributed by atoms with Crippen LogP contribution in [-0.4, -0.2) is 4.98 Å². The summed E-state index contributed by atoms with van der Waals surface area (Å²) in [6, 6.07) is 17.8. The molecule has 89 valence electrons. The fraction of sp³-hybridized carbons (Fsp3) is 0.176. The third kappa shape index (κ3) is 2.04. The van der Waals surface area contributed by atoms with Gasteiger partial charge in [-0.1, -0.05) is 36.4 Å². The minimum absolute atomic E-state index is 1.08. The molecule has 1 nitrogen and oxygen atoms in total. The van der Waals surface area contributed by atoms with Crippen LogP contribution < -0.4 is 0 Å². The standard InChI is InChI=1S/C17H16N/c1-13-6-2-3-7-14(13)10-11-15-12-18-17-9-5-4-8-16(15)17/h3-9,12,18H,10-11H2,1H3. The molecule has 0 aliphatic carbocycles. The Morgan fingerprint density at radius 2 is 1.89 bits per heavy atom. The first-order valence-electron chi connectivity index (χ1n) is 6.35. The number of aryl methyl sites for hydroxylation is 3. The van der Waals surface area contributed by atoms with E-state index in [0.29, 0.717) is 0 Å². The van der Waals surface area contributed by atoms with E-state index in [2.05, 4.69) is 60.6 Å². The summed E-state index contributed by atoms with van der Waals surface area (Å²) in [7, 11) is 0. The zero-order chi connectivity index (χ0) is 12.4. The summed E-state index contributed by atoms with van der Waals surface area (Å²) in [5.41, 5.74) is 5.37. The van der Waals surface area contributed by atoms with E-state index in [9.17, 15) is 0 Å². The zero-order valence-corrected chi connectivity index (χ0v) is 10.5. The number of H-pyrrole nitrogens is 1. The van der Waals surface area contributed by atoms with E-state index < -0.39 is 0 Å². The number of aromatic amines is 1. The summed E-state index contributed by atoms with van der Waals surface area (Å²) < 4.78 is 0. The molecule has 0 saturated heterocycles. The summed E-state index contributed by atoms with van der Waals surface area (Å²) in [6.07, 6.45) is 4.30. The summed E-state index contributed by atoms with van der Waals surface area (Å²) in [6.45, 7) is 2.15. The molecule has 0 fully saturated rings. The van der Waals surface area contributed by atoms with Crippen molar-refractivity contribution in [3.8, 4) is 0 Å². The third-order valence-corrected chi connectivity index (χ3v) is 3.53. The lowest BCUT2D eigenvalue weighted by Crippen LogP contribution is -1.93. The van der Waals surface area contributed by atoms with Gasteiger partial charge in [-0.25, -0.2) is 0 Å². The van der Waals surface area contributed by atoms with Gasteiger partial charge in [0.2, 0.25) is 0 Å². The molecule has 1 heteroatoms. The predicted octanol–water partition coefficient (Wildman–Crippen LogP) is 4.06. The van der Waals surface area contributed by atoms with Crippen molar-refractivity contribution in [3.05, 3.63) is 71.4 Å². The zero-order valence-electron chi connectivity index (χ0n) is 10.5. The van der Waals surface area contributed by atoms with Crippen LogP contribution in [0.1, 0.15) is 16.7 Å². The van der Waals surface area contributed by atoms with Crippen LogP contribution in [0.4, 0.5) is 0 Å². The fourth-order valence-electron chi connectivity index (χ4n) is 2.43. The fourth-order valence-corrected chi connectivity index (χ4v) is 2.43. The maximum Gasteiger partial charge on any atom is 0.0456 e. The molecule has 0 atom stereocenters. The molecule has 1 N–H and O–H groups in total. The van der Waals surface area contributed by atoms with Crippen LogP contribution in [0, 0.1) is 13.0 Å². The largest absolute Gasteiger partial charge is 0.361 e. The van der Waals surface area contributed by atoms with E-state index >= 15 is 0 Å². The molecular weight excluding hydrogens is 218 g/mol. The highest BCUT2D eigenvalue weighted by atomic mass is 14.7. The van der Waals surface area contributed by atoms with E-state index in [1.165, 1.54) is 27.6 Å². The maximum atomic E-state index is 3.33. The average Bonchev–Trinajstić information content (AvgIpc) is 2.81. The molecule has 1 aromatic heterocycles. The van der Waals surface area contributed by atoms with E-state index in [4.69, 9.17) is 0 Å². The smallest absolute Gasteiger partial charge is 0.0456 e. The van der Waals surface area contributed by atoms with Gasteiger partial charge in [-0.05, 0) is 48.6 Å². The van der Waals surface area contributed by atoms with Crippen LogP contribution in [0.25, 0.3) is 10.9 Å². The van der Waals surface area contributed by atoms with Gasteiger partial charge < -0.3 is 4.98 Å². The molecule has 1 heterocycles. The Bertz CT molecular complexity index is 664. The summed E-state index contributed by atoms with van der Waals surface area (Å²) in [5, 5.41) is 1.35. The topological polar surface area (TPSA) is 15.8 Å². The van der Waals surface area contributed by atoms with Crippen molar-refractivity contribution in [2.24, 2.45) is 0 Å². The SMILES string of the molecule is Cc1c[c]ccc1CCc1c[nH]c2ccccc12. The molecule has 2 aromatic carbocycles. The number of hydrogen-bond donors (Lipinski definition) is 1. The Morgan fingerprint density at radius 1 is 1.06 bits per heavy atom. The molecule has 0 aliphatic rings. The highest BCUT2D eigenvalue weighted by Crippen LogP contribution is 2.20. The van der Waals surface area contributed by atoms with Gasteiger partial charge >= 0.3 is 0 Å². The maximum absolute atomic E-state index is 3.33. The van der Waals surface area contributed by atoms with Crippen LogP contribution in [0.5, 0.6) is 0 Å². The normalized spacial score (nSPS) is 10.9. The average molecular weight is 234 g/mol. The molecule has 0 amide bonds. The first-order valence-corrected chi connectivity index (χ1v) is 6.35. The number of benzene rings is 2. The van der Waals surface area contributed by atoms with Crippen molar-refractivity contribution in [3.63, 3.8) is 0 Å². The summed E-state index contributed by atoms with van der Waals surface area (Å²) in [4.78, 5) is 3.33. The third-order valence-electron chi connectivity index (χ3n) is 3.53. The Morgan fingerprint density at radius 3 is 2.78 bits per heavy atom. The van der Waals surface area contributed by atoms with E-state index in [-0.39, 0.29) is 0 Å². The van der Waals surface area contributed by atoms with E-state index in [0.717, 1.165) is 12.8 Å².